The molecular formula is C66H52BNO2. The molecule has 0 N–H and O–H groups in total. The highest BCUT2D eigenvalue weighted by molar-refractivity contribution is 6.67. The van der Waals surface area contributed by atoms with Gasteiger partial charge in [-0.05, 0) is 151 Å². The van der Waals surface area contributed by atoms with Gasteiger partial charge >= 0.3 is 7.12 Å². The molecule has 0 radical (unpaired) electrons. The molecule has 12 aromatic rings. The Hall–Kier alpha value is -7.24. The van der Waals surface area contributed by atoms with Crippen molar-refractivity contribution in [1.82, 2.24) is 4.40 Å². The van der Waals surface area contributed by atoms with Crippen LogP contribution < -0.4 is 5.46 Å². The van der Waals surface area contributed by atoms with Crippen LogP contribution in [-0.2, 0) is 20.1 Å². The molecule has 0 bridgehead atoms. The van der Waals surface area contributed by atoms with Gasteiger partial charge in [0.25, 0.3) is 0 Å². The highest BCUT2D eigenvalue weighted by atomic mass is 16.7. The lowest BCUT2D eigenvalue weighted by atomic mass is 9.70. The predicted molar refractivity (Wildman–Crippen MR) is 295 cm³/mol. The molecule has 1 saturated heterocycles. The van der Waals surface area contributed by atoms with Gasteiger partial charge in [-0.1, -0.05) is 173 Å². The minimum absolute atomic E-state index is 0.0947. The molecule has 2 aromatic heterocycles. The maximum atomic E-state index is 6.97. The number of fused-ring (bicyclic) bond motifs is 18. The van der Waals surface area contributed by atoms with Gasteiger partial charge in [-0.15, -0.1) is 0 Å². The minimum Gasteiger partial charge on any atom is -0.399 e. The second kappa shape index (κ2) is 13.3. The zero-order chi connectivity index (χ0) is 47.4. The van der Waals surface area contributed by atoms with E-state index in [1.165, 1.54) is 126 Å². The fourth-order valence-electron chi connectivity index (χ4n) is 13.5. The molecule has 10 aromatic carbocycles. The topological polar surface area (TPSA) is 22.9 Å². The van der Waals surface area contributed by atoms with Gasteiger partial charge in [-0.3, -0.25) is 0 Å². The number of benzene rings is 10. The molecule has 3 heterocycles. The molecular weight excluding hydrogens is 850 g/mol. The zero-order valence-corrected chi connectivity index (χ0v) is 41.0. The molecule has 15 rings (SSSR count). The molecule has 3 aliphatic rings. The molecule has 3 nitrogen and oxygen atoms in total. The van der Waals surface area contributed by atoms with Crippen LogP contribution in [0.15, 0.2) is 170 Å². The van der Waals surface area contributed by atoms with Crippen LogP contribution in [0, 0.1) is 0 Å². The molecule has 0 saturated carbocycles. The first-order valence-electron chi connectivity index (χ1n) is 25.1. The second-order valence-corrected chi connectivity index (χ2v) is 22.6. The molecule has 0 spiro atoms. The molecule has 336 valence electrons. The fraction of sp³-hybridized carbons (Fsp3) is 0.182. The van der Waals surface area contributed by atoms with Crippen LogP contribution in [0.3, 0.4) is 0 Å². The van der Waals surface area contributed by atoms with Crippen molar-refractivity contribution >= 4 is 83.0 Å². The van der Waals surface area contributed by atoms with Crippen LogP contribution in [0.2, 0.25) is 0 Å². The highest BCUT2D eigenvalue weighted by Crippen LogP contribution is 2.55. The van der Waals surface area contributed by atoms with Crippen LogP contribution in [0.1, 0.15) is 77.6 Å². The molecule has 0 unspecified atom stereocenters. The lowest BCUT2D eigenvalue weighted by Crippen LogP contribution is -2.41. The Morgan fingerprint density at radius 1 is 0.357 bits per heavy atom. The van der Waals surface area contributed by atoms with E-state index in [-0.39, 0.29) is 10.8 Å². The highest BCUT2D eigenvalue weighted by Gasteiger charge is 2.53. The first kappa shape index (κ1) is 40.6. The summed E-state index contributed by atoms with van der Waals surface area (Å²) in [5.74, 6) is 0. The van der Waals surface area contributed by atoms with Crippen molar-refractivity contribution in [3.63, 3.8) is 0 Å². The van der Waals surface area contributed by atoms with Crippen LogP contribution in [-0.4, -0.2) is 22.7 Å². The van der Waals surface area contributed by atoms with Gasteiger partial charge in [0.1, 0.15) is 0 Å². The van der Waals surface area contributed by atoms with Gasteiger partial charge in [-0.25, -0.2) is 0 Å². The first-order valence-corrected chi connectivity index (χ1v) is 25.1. The third-order valence-electron chi connectivity index (χ3n) is 17.8. The average molecular weight is 902 g/mol. The summed E-state index contributed by atoms with van der Waals surface area (Å²) in [5.41, 5.74) is 19.4. The van der Waals surface area contributed by atoms with E-state index in [9.17, 15) is 0 Å². The number of hydrogen-bond donors (Lipinski definition) is 0. The van der Waals surface area contributed by atoms with E-state index in [2.05, 4.69) is 230 Å². The van der Waals surface area contributed by atoms with Gasteiger partial charge in [0, 0.05) is 37.8 Å². The maximum absolute atomic E-state index is 6.97. The van der Waals surface area contributed by atoms with E-state index in [1.54, 1.807) is 0 Å². The van der Waals surface area contributed by atoms with Crippen molar-refractivity contribution in [3.8, 4) is 44.5 Å². The summed E-state index contributed by atoms with van der Waals surface area (Å²) >= 11 is 0. The van der Waals surface area contributed by atoms with Crippen molar-refractivity contribution in [1.29, 1.82) is 0 Å². The summed E-state index contributed by atoms with van der Waals surface area (Å²) in [6.45, 7) is 18.1. The summed E-state index contributed by atoms with van der Waals surface area (Å²) in [7, 11) is -0.543. The lowest BCUT2D eigenvalue weighted by molar-refractivity contribution is 0.00578. The molecule has 70 heavy (non-hydrogen) atoms. The number of aromatic nitrogens is 1. The third-order valence-corrected chi connectivity index (χ3v) is 17.8. The van der Waals surface area contributed by atoms with E-state index >= 15 is 0 Å². The summed E-state index contributed by atoms with van der Waals surface area (Å²) in [4.78, 5) is 0. The standard InChI is InChI=1S/C66H52BNO2/c1-63(2)53-22-13-11-18-49(53)58-44-30-29-40(60(45(44)31-32-55(58)63)67-69-65(5,6)66(7,8)70-67)37-24-27-41-38(34-37)25-28-48-46-20-15-21-47-52-35-39(26-33-57(52)68(61(41)48)62(46)47)51-36-56-59(43-17-10-9-16-42(43)51)50-19-12-14-23-54(50)64(56,3)4/h9-36H,1-8H3. The number of nitrogens with zero attached hydrogens (tertiary/aromatic N) is 1. The van der Waals surface area contributed by atoms with E-state index in [0.29, 0.717) is 0 Å². The third kappa shape index (κ3) is 5.03. The quantitative estimate of drug-likeness (QED) is 0.165. The summed E-state index contributed by atoms with van der Waals surface area (Å²) in [6, 6.07) is 64.6. The largest absolute Gasteiger partial charge is 0.496 e. The second-order valence-electron chi connectivity index (χ2n) is 22.6. The molecule has 0 amide bonds. The molecule has 0 atom stereocenters. The maximum Gasteiger partial charge on any atom is 0.496 e. The fourth-order valence-corrected chi connectivity index (χ4v) is 13.5. The van der Waals surface area contributed by atoms with E-state index in [4.69, 9.17) is 9.31 Å². The van der Waals surface area contributed by atoms with Gasteiger partial charge in [-0.2, -0.15) is 0 Å². The van der Waals surface area contributed by atoms with Gasteiger partial charge in [0.15, 0.2) is 0 Å². The summed E-state index contributed by atoms with van der Waals surface area (Å²) in [6.07, 6.45) is 0. The van der Waals surface area contributed by atoms with E-state index in [0.717, 1.165) is 16.6 Å². The Labute approximate surface area is 408 Å². The molecule has 4 heteroatoms. The van der Waals surface area contributed by atoms with Crippen LogP contribution in [0.5, 0.6) is 0 Å². The Bertz CT molecular complexity index is 4300. The predicted octanol–water partition coefficient (Wildman–Crippen LogP) is 16.5. The number of hydrogen-bond acceptors (Lipinski definition) is 2. The van der Waals surface area contributed by atoms with Crippen molar-refractivity contribution in [2.75, 3.05) is 0 Å². The normalized spacial score (nSPS) is 17.2. The zero-order valence-electron chi connectivity index (χ0n) is 41.0. The average Bonchev–Trinajstić information content (AvgIpc) is 4.08. The van der Waals surface area contributed by atoms with Gasteiger partial charge < -0.3 is 13.7 Å². The van der Waals surface area contributed by atoms with E-state index in [1.807, 2.05) is 0 Å². The van der Waals surface area contributed by atoms with Crippen LogP contribution >= 0.6 is 0 Å². The SMILES string of the molecule is CC1(C)c2ccccc2-c2c1cc(-c1ccc3c(c1)c1cccc4c5ccc6cc(-c7ccc8c9c(ccc8c7B7OC(C)(C)C(C)(C)O7)C(C)(C)c7ccccc7-9)ccc6c5n3c14)c1ccccc21. The van der Waals surface area contributed by atoms with Crippen LogP contribution in [0.25, 0.3) is 115 Å². The minimum atomic E-state index is -0.543. The Morgan fingerprint density at radius 3 is 1.63 bits per heavy atom. The van der Waals surface area contributed by atoms with E-state index < -0.39 is 18.3 Å². The van der Waals surface area contributed by atoms with Crippen molar-refractivity contribution < 1.29 is 9.31 Å². The van der Waals surface area contributed by atoms with Crippen molar-refractivity contribution in [2.45, 2.75) is 77.4 Å². The van der Waals surface area contributed by atoms with Crippen LogP contribution in [0.4, 0.5) is 0 Å². The van der Waals surface area contributed by atoms with Crippen molar-refractivity contribution in [2.24, 2.45) is 0 Å². The van der Waals surface area contributed by atoms with Gasteiger partial charge in [0.05, 0.1) is 27.8 Å². The summed E-state index contributed by atoms with van der Waals surface area (Å²) in [5, 5.41) is 12.6. The number of para-hydroxylation sites is 1. The number of rotatable bonds is 3. The van der Waals surface area contributed by atoms with Gasteiger partial charge in [0.2, 0.25) is 0 Å². The smallest absolute Gasteiger partial charge is 0.399 e. The lowest BCUT2D eigenvalue weighted by Gasteiger charge is -2.32. The first-order chi connectivity index (χ1) is 33.7. The molecule has 2 aliphatic carbocycles. The van der Waals surface area contributed by atoms with Crippen molar-refractivity contribution in [3.05, 3.63) is 192 Å². The monoisotopic (exact) mass is 901 g/mol. The molecule has 1 aliphatic heterocycles. The Kier molecular flexibility index (Phi) is 7.74. The summed E-state index contributed by atoms with van der Waals surface area (Å²) < 4.78 is 16.5. The Balaban J connectivity index is 0.925. The molecule has 1 fully saturated rings. The Morgan fingerprint density at radius 2 is 0.886 bits per heavy atom.